The monoisotopic (exact) mass is 319 g/mol. The number of nitrogens with one attached hydrogen (secondary N) is 2. The molecule has 0 bridgehead atoms. The van der Waals surface area contributed by atoms with E-state index in [9.17, 15) is 9.59 Å². The number of hydrogen-bond donors (Lipinski definition) is 2. The third kappa shape index (κ3) is 4.18. The van der Waals surface area contributed by atoms with Gasteiger partial charge in [-0.15, -0.1) is 0 Å². The number of aromatic nitrogens is 2. The molecule has 6 heteroatoms. The van der Waals surface area contributed by atoms with Crippen molar-refractivity contribution in [1.82, 2.24) is 15.3 Å². The van der Waals surface area contributed by atoms with Crippen molar-refractivity contribution in [3.63, 3.8) is 0 Å². The third-order valence-electron chi connectivity index (χ3n) is 3.35. The van der Waals surface area contributed by atoms with Gasteiger partial charge in [0, 0.05) is 18.6 Å². The van der Waals surface area contributed by atoms with E-state index in [0.717, 1.165) is 24.8 Å². The summed E-state index contributed by atoms with van der Waals surface area (Å²) in [6.45, 7) is 2.09. The van der Waals surface area contributed by atoms with Gasteiger partial charge in [-0.1, -0.05) is 37.4 Å². The molecular formula is C16H18ClN3O2. The fraction of sp³-hybridized carbons (Fsp3) is 0.312. The van der Waals surface area contributed by atoms with Crippen LogP contribution in [0.2, 0.25) is 5.02 Å². The highest BCUT2D eigenvalue weighted by atomic mass is 35.5. The molecule has 1 amide bonds. The zero-order chi connectivity index (χ0) is 15.9. The van der Waals surface area contributed by atoms with Crippen LogP contribution in [0.15, 0.2) is 41.6 Å². The van der Waals surface area contributed by atoms with E-state index < -0.39 is 11.5 Å². The summed E-state index contributed by atoms with van der Waals surface area (Å²) in [5.74, 6) is -0.436. The minimum atomic E-state index is -0.456. The second kappa shape index (κ2) is 7.75. The number of carbonyl (C=O) groups excluding carboxylic acids is 1. The number of unbranched alkanes of at least 4 members (excludes halogenated alkanes) is 1. The van der Waals surface area contributed by atoms with Crippen molar-refractivity contribution in [3.05, 3.63) is 63.3 Å². The van der Waals surface area contributed by atoms with Crippen molar-refractivity contribution in [3.8, 4) is 0 Å². The van der Waals surface area contributed by atoms with Crippen LogP contribution in [-0.2, 0) is 0 Å². The van der Waals surface area contributed by atoms with E-state index in [2.05, 4.69) is 22.2 Å². The largest absolute Gasteiger partial charge is 0.345 e. The Balaban J connectivity index is 2.21. The van der Waals surface area contributed by atoms with E-state index in [-0.39, 0.29) is 11.6 Å². The molecule has 2 rings (SSSR count). The summed E-state index contributed by atoms with van der Waals surface area (Å²) in [6, 6.07) is 4.93. The molecule has 0 aliphatic heterocycles. The number of H-pyrrole nitrogens is 1. The number of amides is 1. The summed E-state index contributed by atoms with van der Waals surface area (Å²) >= 11 is 5.84. The fourth-order valence-electron chi connectivity index (χ4n) is 2.17. The summed E-state index contributed by atoms with van der Waals surface area (Å²) in [5, 5.41) is 3.21. The van der Waals surface area contributed by atoms with E-state index in [1.54, 1.807) is 12.4 Å². The predicted molar refractivity (Wildman–Crippen MR) is 86.0 cm³/mol. The van der Waals surface area contributed by atoms with E-state index in [1.165, 1.54) is 12.3 Å². The normalized spacial score (nSPS) is 11.9. The average Bonchev–Trinajstić information content (AvgIpc) is 2.54. The van der Waals surface area contributed by atoms with Crippen molar-refractivity contribution >= 4 is 17.5 Å². The highest BCUT2D eigenvalue weighted by Gasteiger charge is 2.18. The maximum Gasteiger partial charge on any atom is 0.260 e. The summed E-state index contributed by atoms with van der Waals surface area (Å²) in [5.41, 5.74) is 0.475. The first-order valence-corrected chi connectivity index (χ1v) is 7.58. The number of rotatable bonds is 6. The second-order valence-electron chi connectivity index (χ2n) is 5.02. The summed E-state index contributed by atoms with van der Waals surface area (Å²) in [6.07, 6.45) is 7.53. The lowest BCUT2D eigenvalue weighted by Crippen LogP contribution is -2.32. The Bertz CT molecular complexity index is 685. The summed E-state index contributed by atoms with van der Waals surface area (Å²) < 4.78 is 0. The number of hydrogen-bond acceptors (Lipinski definition) is 3. The lowest BCUT2D eigenvalue weighted by atomic mass is 10.0. The smallest absolute Gasteiger partial charge is 0.260 e. The number of aromatic amines is 1. The molecule has 0 aromatic carbocycles. The predicted octanol–water partition coefficient (Wildman–Crippen LogP) is 3.08. The van der Waals surface area contributed by atoms with Crippen molar-refractivity contribution in [2.24, 2.45) is 0 Å². The van der Waals surface area contributed by atoms with E-state index in [1.807, 2.05) is 12.1 Å². The van der Waals surface area contributed by atoms with Crippen LogP contribution >= 0.6 is 11.6 Å². The van der Waals surface area contributed by atoms with Gasteiger partial charge in [-0.25, -0.2) is 0 Å². The summed E-state index contributed by atoms with van der Waals surface area (Å²) in [4.78, 5) is 30.6. The van der Waals surface area contributed by atoms with Crippen LogP contribution in [0.1, 0.15) is 48.1 Å². The molecule has 2 aromatic heterocycles. The molecule has 1 atom stereocenters. The van der Waals surface area contributed by atoms with Crippen LogP contribution < -0.4 is 10.9 Å². The molecule has 0 spiro atoms. The Hall–Kier alpha value is -2.14. The van der Waals surface area contributed by atoms with Gasteiger partial charge in [0.2, 0.25) is 0 Å². The van der Waals surface area contributed by atoms with Gasteiger partial charge in [-0.3, -0.25) is 14.6 Å². The zero-order valence-electron chi connectivity index (χ0n) is 12.3. The molecule has 0 unspecified atom stereocenters. The Morgan fingerprint density at radius 2 is 2.32 bits per heavy atom. The molecule has 0 fully saturated rings. The minimum Gasteiger partial charge on any atom is -0.345 e. The van der Waals surface area contributed by atoms with Crippen LogP contribution in [0.4, 0.5) is 0 Å². The Kier molecular flexibility index (Phi) is 5.72. The van der Waals surface area contributed by atoms with Crippen molar-refractivity contribution < 1.29 is 4.79 Å². The molecule has 22 heavy (non-hydrogen) atoms. The zero-order valence-corrected chi connectivity index (χ0v) is 13.1. The van der Waals surface area contributed by atoms with Gasteiger partial charge in [-0.05, 0) is 24.1 Å². The molecule has 2 N–H and O–H groups in total. The lowest BCUT2D eigenvalue weighted by molar-refractivity contribution is 0.0932. The number of halogens is 1. The molecule has 0 aliphatic carbocycles. The lowest BCUT2D eigenvalue weighted by Gasteiger charge is -2.18. The van der Waals surface area contributed by atoms with Crippen LogP contribution in [-0.4, -0.2) is 15.9 Å². The van der Waals surface area contributed by atoms with Gasteiger partial charge in [-0.2, -0.15) is 0 Å². The first kappa shape index (κ1) is 16.2. The molecule has 2 heterocycles. The number of nitrogens with zero attached hydrogens (tertiary/aromatic N) is 1. The highest BCUT2D eigenvalue weighted by Crippen LogP contribution is 2.19. The standard InChI is InChI=1S/C16H18ClN3O2/c1-2-3-6-14(11-5-4-7-18-9-11)20-16(22)13-8-12(17)10-19-15(13)21/h4-5,7-10,14H,2-3,6H2,1H3,(H,19,21)(H,20,22)/t14-/m1/s1. The van der Waals surface area contributed by atoms with E-state index in [4.69, 9.17) is 11.6 Å². The molecule has 0 saturated carbocycles. The van der Waals surface area contributed by atoms with E-state index in [0.29, 0.717) is 5.02 Å². The van der Waals surface area contributed by atoms with Gasteiger partial charge < -0.3 is 10.3 Å². The first-order chi connectivity index (χ1) is 10.6. The molecular weight excluding hydrogens is 302 g/mol. The number of carbonyl (C=O) groups is 1. The Morgan fingerprint density at radius 3 is 3.00 bits per heavy atom. The minimum absolute atomic E-state index is 0.0119. The average molecular weight is 320 g/mol. The molecule has 0 radical (unpaired) electrons. The Morgan fingerprint density at radius 1 is 1.50 bits per heavy atom. The van der Waals surface area contributed by atoms with Crippen molar-refractivity contribution in [2.75, 3.05) is 0 Å². The third-order valence-corrected chi connectivity index (χ3v) is 3.57. The van der Waals surface area contributed by atoms with Gasteiger partial charge in [0.05, 0.1) is 11.1 Å². The quantitative estimate of drug-likeness (QED) is 0.859. The molecule has 5 nitrogen and oxygen atoms in total. The maximum atomic E-state index is 12.4. The maximum absolute atomic E-state index is 12.4. The van der Waals surface area contributed by atoms with Crippen molar-refractivity contribution in [1.29, 1.82) is 0 Å². The molecule has 0 saturated heterocycles. The SMILES string of the molecule is CCCC[C@@H](NC(=O)c1cc(Cl)c[nH]c1=O)c1cccnc1. The van der Waals surface area contributed by atoms with Crippen LogP contribution in [0.25, 0.3) is 0 Å². The van der Waals surface area contributed by atoms with Gasteiger partial charge in [0.25, 0.3) is 11.5 Å². The topological polar surface area (TPSA) is 74.8 Å². The van der Waals surface area contributed by atoms with Gasteiger partial charge >= 0.3 is 0 Å². The van der Waals surface area contributed by atoms with Crippen LogP contribution in [0, 0.1) is 0 Å². The Labute approximate surface area is 133 Å². The van der Waals surface area contributed by atoms with Crippen molar-refractivity contribution in [2.45, 2.75) is 32.2 Å². The fourth-order valence-corrected chi connectivity index (χ4v) is 2.34. The summed E-state index contributed by atoms with van der Waals surface area (Å²) in [7, 11) is 0. The van der Waals surface area contributed by atoms with Crippen LogP contribution in [0.5, 0.6) is 0 Å². The second-order valence-corrected chi connectivity index (χ2v) is 5.45. The van der Waals surface area contributed by atoms with Crippen LogP contribution in [0.3, 0.4) is 0 Å². The molecule has 2 aromatic rings. The number of pyridine rings is 2. The molecule has 0 aliphatic rings. The first-order valence-electron chi connectivity index (χ1n) is 7.21. The van der Waals surface area contributed by atoms with Gasteiger partial charge in [0.15, 0.2) is 0 Å². The van der Waals surface area contributed by atoms with Gasteiger partial charge in [0.1, 0.15) is 5.56 Å². The van der Waals surface area contributed by atoms with E-state index >= 15 is 0 Å². The molecule has 116 valence electrons. The highest BCUT2D eigenvalue weighted by molar-refractivity contribution is 6.30.